The standard InChI is InChI=1S/C14H20N2O4/c1-10(18)20-14-3-2-11(8-13(14)19)12(9-17)16-6-4-15-5-7-16/h2-3,8,12,15,17,19H,4-7,9H2,1H3/t12-/m0/s1. The number of piperazine rings is 1. The summed E-state index contributed by atoms with van der Waals surface area (Å²) in [4.78, 5) is 13.1. The normalized spacial score (nSPS) is 17.7. The average Bonchev–Trinajstić information content (AvgIpc) is 2.43. The van der Waals surface area contributed by atoms with Gasteiger partial charge in [0.05, 0.1) is 12.6 Å². The molecule has 3 N–H and O–H groups in total. The molecule has 1 saturated heterocycles. The van der Waals surface area contributed by atoms with Crippen molar-refractivity contribution >= 4 is 5.97 Å². The van der Waals surface area contributed by atoms with E-state index in [1.165, 1.54) is 6.92 Å². The zero-order valence-electron chi connectivity index (χ0n) is 11.5. The molecule has 0 spiro atoms. The summed E-state index contributed by atoms with van der Waals surface area (Å²) in [5.74, 6) is -0.432. The van der Waals surface area contributed by atoms with Crippen LogP contribution in [-0.2, 0) is 4.79 Å². The molecule has 6 heteroatoms. The number of esters is 1. The Morgan fingerprint density at radius 2 is 2.15 bits per heavy atom. The maximum Gasteiger partial charge on any atom is 0.308 e. The van der Waals surface area contributed by atoms with Gasteiger partial charge in [0, 0.05) is 33.1 Å². The lowest BCUT2D eigenvalue weighted by Gasteiger charge is -2.34. The second-order valence-electron chi connectivity index (χ2n) is 4.81. The van der Waals surface area contributed by atoms with Crippen LogP contribution in [0.3, 0.4) is 0 Å². The number of hydrogen-bond acceptors (Lipinski definition) is 6. The van der Waals surface area contributed by atoms with Crippen LogP contribution in [0, 0.1) is 0 Å². The molecule has 1 atom stereocenters. The number of aliphatic hydroxyl groups is 1. The number of carbonyl (C=O) groups excluding carboxylic acids is 1. The van der Waals surface area contributed by atoms with Crippen molar-refractivity contribution in [2.75, 3.05) is 32.8 Å². The summed E-state index contributed by atoms with van der Waals surface area (Å²) >= 11 is 0. The van der Waals surface area contributed by atoms with Crippen LogP contribution < -0.4 is 10.1 Å². The number of nitrogens with zero attached hydrogens (tertiary/aromatic N) is 1. The van der Waals surface area contributed by atoms with Gasteiger partial charge in [-0.2, -0.15) is 0 Å². The van der Waals surface area contributed by atoms with E-state index >= 15 is 0 Å². The first-order valence-electron chi connectivity index (χ1n) is 6.68. The van der Waals surface area contributed by atoms with Crippen molar-refractivity contribution in [2.24, 2.45) is 0 Å². The van der Waals surface area contributed by atoms with E-state index in [-0.39, 0.29) is 24.1 Å². The first-order valence-corrected chi connectivity index (χ1v) is 6.68. The molecule has 20 heavy (non-hydrogen) atoms. The average molecular weight is 280 g/mol. The zero-order valence-corrected chi connectivity index (χ0v) is 11.5. The van der Waals surface area contributed by atoms with Crippen molar-refractivity contribution in [2.45, 2.75) is 13.0 Å². The summed E-state index contributed by atoms with van der Waals surface area (Å²) in [5, 5.41) is 22.8. The van der Waals surface area contributed by atoms with Gasteiger partial charge in [-0.15, -0.1) is 0 Å². The molecule has 0 aliphatic carbocycles. The lowest BCUT2D eigenvalue weighted by Crippen LogP contribution is -2.46. The molecule has 1 aliphatic rings. The number of aromatic hydroxyl groups is 1. The van der Waals surface area contributed by atoms with Crippen molar-refractivity contribution in [1.29, 1.82) is 0 Å². The second-order valence-corrected chi connectivity index (χ2v) is 4.81. The monoisotopic (exact) mass is 280 g/mol. The third-order valence-corrected chi connectivity index (χ3v) is 3.39. The molecule has 1 aliphatic heterocycles. The third-order valence-electron chi connectivity index (χ3n) is 3.39. The summed E-state index contributed by atoms with van der Waals surface area (Å²) < 4.78 is 4.88. The van der Waals surface area contributed by atoms with Gasteiger partial charge in [-0.3, -0.25) is 9.69 Å². The number of phenolic OH excluding ortho intramolecular Hbond substituents is 1. The van der Waals surface area contributed by atoms with E-state index in [0.29, 0.717) is 0 Å². The molecule has 0 aromatic heterocycles. The predicted octanol–water partition coefficient (Wildman–Crippen LogP) is 0.256. The van der Waals surface area contributed by atoms with Gasteiger partial charge in [-0.1, -0.05) is 6.07 Å². The summed E-state index contributed by atoms with van der Waals surface area (Å²) in [6, 6.07) is 4.70. The van der Waals surface area contributed by atoms with E-state index in [2.05, 4.69) is 10.2 Å². The summed E-state index contributed by atoms with van der Waals surface area (Å²) in [7, 11) is 0. The molecular weight excluding hydrogens is 260 g/mol. The molecule has 1 aromatic rings. The number of phenols is 1. The number of carbonyl (C=O) groups is 1. The van der Waals surface area contributed by atoms with Gasteiger partial charge < -0.3 is 20.3 Å². The lowest BCUT2D eigenvalue weighted by atomic mass is 10.0. The van der Waals surface area contributed by atoms with Gasteiger partial charge >= 0.3 is 5.97 Å². The Hall–Kier alpha value is -1.63. The van der Waals surface area contributed by atoms with E-state index in [1.807, 2.05) is 0 Å². The molecule has 1 aromatic carbocycles. The highest BCUT2D eigenvalue weighted by Crippen LogP contribution is 2.31. The minimum Gasteiger partial charge on any atom is -0.504 e. The van der Waals surface area contributed by atoms with Gasteiger partial charge in [-0.25, -0.2) is 0 Å². The van der Waals surface area contributed by atoms with E-state index in [1.54, 1.807) is 18.2 Å². The SMILES string of the molecule is CC(=O)Oc1ccc([C@H](CO)N2CCNCC2)cc1O. The van der Waals surface area contributed by atoms with E-state index in [9.17, 15) is 15.0 Å². The minimum atomic E-state index is -0.478. The quantitative estimate of drug-likeness (QED) is 0.542. The topological polar surface area (TPSA) is 82.0 Å². The zero-order chi connectivity index (χ0) is 14.5. The minimum absolute atomic E-state index is 0.0215. The summed E-state index contributed by atoms with van der Waals surface area (Å²) in [5.41, 5.74) is 0.808. The summed E-state index contributed by atoms with van der Waals surface area (Å²) in [6.07, 6.45) is 0. The highest BCUT2D eigenvalue weighted by Gasteiger charge is 2.22. The third kappa shape index (κ3) is 3.47. The van der Waals surface area contributed by atoms with E-state index < -0.39 is 5.97 Å². The first kappa shape index (κ1) is 14.8. The molecule has 0 amide bonds. The van der Waals surface area contributed by atoms with Crippen LogP contribution in [0.2, 0.25) is 0 Å². The lowest BCUT2D eigenvalue weighted by molar-refractivity contribution is -0.132. The van der Waals surface area contributed by atoms with Crippen LogP contribution in [-0.4, -0.2) is 53.9 Å². The fourth-order valence-corrected chi connectivity index (χ4v) is 2.41. The van der Waals surface area contributed by atoms with Gasteiger partial charge in [-0.05, 0) is 17.7 Å². The molecule has 0 radical (unpaired) electrons. The van der Waals surface area contributed by atoms with Crippen molar-refractivity contribution < 1.29 is 19.7 Å². The van der Waals surface area contributed by atoms with E-state index in [4.69, 9.17) is 4.74 Å². The number of hydrogen-bond donors (Lipinski definition) is 3. The Morgan fingerprint density at radius 1 is 1.45 bits per heavy atom. The van der Waals surface area contributed by atoms with Crippen LogP contribution in [0.1, 0.15) is 18.5 Å². The fraction of sp³-hybridized carbons (Fsp3) is 0.500. The molecule has 0 unspecified atom stereocenters. The Morgan fingerprint density at radius 3 is 2.70 bits per heavy atom. The van der Waals surface area contributed by atoms with E-state index in [0.717, 1.165) is 31.7 Å². The van der Waals surface area contributed by atoms with Crippen LogP contribution in [0.15, 0.2) is 18.2 Å². The molecular formula is C14H20N2O4. The highest BCUT2D eigenvalue weighted by atomic mass is 16.5. The molecule has 1 fully saturated rings. The largest absolute Gasteiger partial charge is 0.504 e. The number of rotatable bonds is 4. The van der Waals surface area contributed by atoms with Crippen LogP contribution >= 0.6 is 0 Å². The number of aliphatic hydroxyl groups excluding tert-OH is 1. The summed E-state index contributed by atoms with van der Waals surface area (Å²) in [6.45, 7) is 4.72. The molecule has 0 bridgehead atoms. The second kappa shape index (κ2) is 6.69. The van der Waals surface area contributed by atoms with Gasteiger partial charge in [0.25, 0.3) is 0 Å². The Kier molecular flexibility index (Phi) is 4.94. The van der Waals surface area contributed by atoms with Crippen LogP contribution in [0.4, 0.5) is 0 Å². The molecule has 2 rings (SSSR count). The Bertz CT molecular complexity index is 472. The smallest absolute Gasteiger partial charge is 0.308 e. The van der Waals surface area contributed by atoms with Crippen LogP contribution in [0.25, 0.3) is 0 Å². The van der Waals surface area contributed by atoms with Crippen molar-refractivity contribution in [3.63, 3.8) is 0 Å². The van der Waals surface area contributed by atoms with Gasteiger partial charge in [0.2, 0.25) is 0 Å². The van der Waals surface area contributed by atoms with Crippen LogP contribution in [0.5, 0.6) is 11.5 Å². The Labute approximate surface area is 118 Å². The number of ether oxygens (including phenoxy) is 1. The van der Waals surface area contributed by atoms with Crippen molar-refractivity contribution in [1.82, 2.24) is 10.2 Å². The van der Waals surface area contributed by atoms with Gasteiger partial charge in [0.1, 0.15) is 0 Å². The Balaban J connectivity index is 2.17. The number of benzene rings is 1. The van der Waals surface area contributed by atoms with Crippen molar-refractivity contribution in [3.8, 4) is 11.5 Å². The number of nitrogens with one attached hydrogen (secondary N) is 1. The molecule has 6 nitrogen and oxygen atoms in total. The molecule has 0 saturated carbocycles. The molecule has 1 heterocycles. The van der Waals surface area contributed by atoms with Gasteiger partial charge in [0.15, 0.2) is 11.5 Å². The highest BCUT2D eigenvalue weighted by molar-refractivity contribution is 5.70. The first-order chi connectivity index (χ1) is 9.61. The maximum atomic E-state index is 10.9. The molecule has 110 valence electrons. The maximum absolute atomic E-state index is 10.9. The predicted molar refractivity (Wildman–Crippen MR) is 73.7 cm³/mol. The van der Waals surface area contributed by atoms with Crippen molar-refractivity contribution in [3.05, 3.63) is 23.8 Å². The fourth-order valence-electron chi connectivity index (χ4n) is 2.41.